The van der Waals surface area contributed by atoms with Gasteiger partial charge in [-0.15, -0.1) is 0 Å². The Labute approximate surface area is 116 Å². The molecule has 0 radical (unpaired) electrons. The molecule has 3 unspecified atom stereocenters. The molecule has 1 N–H and O–H groups in total. The topological polar surface area (TPSA) is 24.4 Å². The Morgan fingerprint density at radius 1 is 1.28 bits per heavy atom. The van der Waals surface area contributed by atoms with Gasteiger partial charge in [0.15, 0.2) is 5.17 Å². The number of amidine groups is 1. The lowest BCUT2D eigenvalue weighted by Gasteiger charge is -2.18. The third-order valence-electron chi connectivity index (χ3n) is 4.04. The maximum atomic E-state index is 4.68. The van der Waals surface area contributed by atoms with E-state index in [0.717, 1.165) is 23.6 Å². The second kappa shape index (κ2) is 6.83. The lowest BCUT2D eigenvalue weighted by molar-refractivity contribution is 0.490. The molecule has 0 amide bonds. The summed E-state index contributed by atoms with van der Waals surface area (Å²) in [6, 6.07) is 0.680. The maximum absolute atomic E-state index is 4.68. The molecule has 3 heteroatoms. The number of nitrogens with one attached hydrogen (secondary N) is 1. The molecule has 18 heavy (non-hydrogen) atoms. The average Bonchev–Trinajstić information content (AvgIpc) is 2.61. The van der Waals surface area contributed by atoms with Gasteiger partial charge in [0.05, 0.1) is 6.54 Å². The van der Waals surface area contributed by atoms with Gasteiger partial charge in [0, 0.05) is 11.3 Å². The summed E-state index contributed by atoms with van der Waals surface area (Å²) < 4.78 is 0. The monoisotopic (exact) mass is 268 g/mol. The molecule has 2 rings (SSSR count). The zero-order valence-electron chi connectivity index (χ0n) is 12.1. The first-order valence-corrected chi connectivity index (χ1v) is 8.49. The first kappa shape index (κ1) is 14.2. The van der Waals surface area contributed by atoms with Crippen molar-refractivity contribution in [3.05, 3.63) is 0 Å². The largest absolute Gasteiger partial charge is 0.362 e. The van der Waals surface area contributed by atoms with Crippen LogP contribution in [0.3, 0.4) is 0 Å². The lowest BCUT2D eigenvalue weighted by atomic mass is 10.0. The Bertz CT molecular complexity index is 288. The van der Waals surface area contributed by atoms with Crippen LogP contribution >= 0.6 is 11.8 Å². The van der Waals surface area contributed by atoms with Gasteiger partial charge in [-0.25, -0.2) is 0 Å². The van der Waals surface area contributed by atoms with Gasteiger partial charge in [0.1, 0.15) is 0 Å². The van der Waals surface area contributed by atoms with Crippen molar-refractivity contribution >= 4 is 16.9 Å². The van der Waals surface area contributed by atoms with Crippen LogP contribution in [0.2, 0.25) is 0 Å². The first-order chi connectivity index (χ1) is 8.63. The van der Waals surface area contributed by atoms with Crippen LogP contribution in [-0.2, 0) is 0 Å². The summed E-state index contributed by atoms with van der Waals surface area (Å²) in [5, 5.41) is 5.64. The SMILES string of the molecule is CC(C)CC1CN=C(NC2CCCC(C)CC2)S1. The third-order valence-corrected chi connectivity index (χ3v) is 5.18. The highest BCUT2D eigenvalue weighted by Crippen LogP contribution is 2.28. The van der Waals surface area contributed by atoms with E-state index in [1.807, 2.05) is 11.8 Å². The van der Waals surface area contributed by atoms with Gasteiger partial charge in [-0.05, 0) is 37.5 Å². The number of nitrogens with zero attached hydrogens (tertiary/aromatic N) is 1. The number of thioether (sulfide) groups is 1. The molecule has 1 aliphatic heterocycles. The van der Waals surface area contributed by atoms with Gasteiger partial charge in [-0.1, -0.05) is 45.4 Å². The highest BCUT2D eigenvalue weighted by molar-refractivity contribution is 8.14. The lowest BCUT2D eigenvalue weighted by Crippen LogP contribution is -2.32. The van der Waals surface area contributed by atoms with Gasteiger partial charge in [0.25, 0.3) is 0 Å². The predicted octanol–water partition coefficient (Wildman–Crippen LogP) is 4.06. The van der Waals surface area contributed by atoms with Crippen molar-refractivity contribution in [1.29, 1.82) is 0 Å². The minimum Gasteiger partial charge on any atom is -0.362 e. The van der Waals surface area contributed by atoms with Gasteiger partial charge in [-0.2, -0.15) is 0 Å². The van der Waals surface area contributed by atoms with Crippen LogP contribution < -0.4 is 5.32 Å². The van der Waals surface area contributed by atoms with Gasteiger partial charge in [0.2, 0.25) is 0 Å². The molecule has 3 atom stereocenters. The Morgan fingerprint density at radius 2 is 2.11 bits per heavy atom. The van der Waals surface area contributed by atoms with E-state index in [0.29, 0.717) is 6.04 Å². The molecule has 104 valence electrons. The average molecular weight is 268 g/mol. The molecule has 2 aliphatic rings. The van der Waals surface area contributed by atoms with E-state index in [1.165, 1.54) is 43.7 Å². The van der Waals surface area contributed by atoms with E-state index in [2.05, 4.69) is 31.1 Å². The van der Waals surface area contributed by atoms with E-state index >= 15 is 0 Å². The summed E-state index contributed by atoms with van der Waals surface area (Å²) in [4.78, 5) is 4.68. The fourth-order valence-corrected chi connectivity index (χ4v) is 4.28. The van der Waals surface area contributed by atoms with Gasteiger partial charge in [-0.3, -0.25) is 4.99 Å². The molecule has 1 saturated carbocycles. The smallest absolute Gasteiger partial charge is 0.157 e. The number of hydrogen-bond donors (Lipinski definition) is 1. The summed E-state index contributed by atoms with van der Waals surface area (Å²) in [5.74, 6) is 1.71. The maximum Gasteiger partial charge on any atom is 0.157 e. The molecular weight excluding hydrogens is 240 g/mol. The minimum atomic E-state index is 0.680. The van der Waals surface area contributed by atoms with Crippen molar-refractivity contribution in [1.82, 2.24) is 5.32 Å². The van der Waals surface area contributed by atoms with Crippen molar-refractivity contribution < 1.29 is 0 Å². The summed E-state index contributed by atoms with van der Waals surface area (Å²) >= 11 is 1.98. The first-order valence-electron chi connectivity index (χ1n) is 7.61. The quantitative estimate of drug-likeness (QED) is 0.781. The van der Waals surface area contributed by atoms with Crippen molar-refractivity contribution in [2.75, 3.05) is 6.54 Å². The number of rotatable bonds is 3. The second-order valence-corrected chi connectivity index (χ2v) is 7.76. The fraction of sp³-hybridized carbons (Fsp3) is 0.933. The Hall–Kier alpha value is -0.180. The normalized spacial score (nSPS) is 33.3. The van der Waals surface area contributed by atoms with Crippen LogP contribution in [-0.4, -0.2) is 23.0 Å². The molecule has 0 saturated heterocycles. The van der Waals surface area contributed by atoms with Gasteiger partial charge >= 0.3 is 0 Å². The van der Waals surface area contributed by atoms with E-state index in [1.54, 1.807) is 0 Å². The highest BCUT2D eigenvalue weighted by Gasteiger charge is 2.23. The summed E-state index contributed by atoms with van der Waals surface area (Å²) in [5.41, 5.74) is 0. The van der Waals surface area contributed by atoms with Crippen LogP contribution in [0.25, 0.3) is 0 Å². The van der Waals surface area contributed by atoms with E-state index in [4.69, 9.17) is 0 Å². The standard InChI is InChI=1S/C15H28N2S/c1-11(2)9-14-10-16-15(18-14)17-13-6-4-5-12(3)7-8-13/h11-14H,4-10H2,1-3H3,(H,16,17). The third kappa shape index (κ3) is 4.49. The molecule has 0 spiro atoms. The second-order valence-electron chi connectivity index (χ2n) is 6.47. The van der Waals surface area contributed by atoms with Gasteiger partial charge < -0.3 is 5.32 Å². The molecule has 1 heterocycles. The zero-order chi connectivity index (χ0) is 13.0. The predicted molar refractivity (Wildman–Crippen MR) is 82.3 cm³/mol. The van der Waals surface area contributed by atoms with E-state index in [9.17, 15) is 0 Å². The summed E-state index contributed by atoms with van der Waals surface area (Å²) in [7, 11) is 0. The van der Waals surface area contributed by atoms with Crippen LogP contribution in [0, 0.1) is 11.8 Å². The molecule has 0 aromatic heterocycles. The minimum absolute atomic E-state index is 0.680. The van der Waals surface area contributed by atoms with Crippen LogP contribution in [0.1, 0.15) is 59.3 Å². The molecule has 0 aromatic rings. The Balaban J connectivity index is 1.73. The van der Waals surface area contributed by atoms with Crippen LogP contribution in [0.5, 0.6) is 0 Å². The van der Waals surface area contributed by atoms with E-state index in [-0.39, 0.29) is 0 Å². The van der Waals surface area contributed by atoms with Crippen molar-refractivity contribution in [3.8, 4) is 0 Å². The molecule has 2 nitrogen and oxygen atoms in total. The summed E-state index contributed by atoms with van der Waals surface area (Å²) in [6.45, 7) is 8.02. The van der Waals surface area contributed by atoms with Crippen molar-refractivity contribution in [2.24, 2.45) is 16.8 Å². The summed E-state index contributed by atoms with van der Waals surface area (Å²) in [6.07, 6.45) is 8.13. The number of hydrogen-bond acceptors (Lipinski definition) is 3. The van der Waals surface area contributed by atoms with E-state index < -0.39 is 0 Å². The highest BCUT2D eigenvalue weighted by atomic mass is 32.2. The zero-order valence-corrected chi connectivity index (χ0v) is 12.9. The molecular formula is C15H28N2S. The molecule has 0 bridgehead atoms. The molecule has 1 aliphatic carbocycles. The van der Waals surface area contributed by atoms with Crippen molar-refractivity contribution in [3.63, 3.8) is 0 Å². The molecule has 0 aromatic carbocycles. The van der Waals surface area contributed by atoms with Crippen LogP contribution in [0.15, 0.2) is 4.99 Å². The Kier molecular flexibility index (Phi) is 5.40. The molecule has 1 fully saturated rings. The fourth-order valence-electron chi connectivity index (χ4n) is 2.95. The Morgan fingerprint density at radius 3 is 2.89 bits per heavy atom. The van der Waals surface area contributed by atoms with Crippen molar-refractivity contribution in [2.45, 2.75) is 70.6 Å². The number of aliphatic imine (C=N–C) groups is 1. The van der Waals surface area contributed by atoms with Crippen LogP contribution in [0.4, 0.5) is 0 Å².